The molecular formula is C3H5N5O2. The van der Waals surface area contributed by atoms with Crippen molar-refractivity contribution in [3.63, 3.8) is 0 Å². The maximum Gasteiger partial charge on any atom is 0.332 e. The highest BCUT2D eigenvalue weighted by atomic mass is 16.7. The van der Waals surface area contributed by atoms with Gasteiger partial charge in [-0.05, 0) is 15.3 Å². The predicted octanol–water partition coefficient (Wildman–Crippen LogP) is -1.77. The summed E-state index contributed by atoms with van der Waals surface area (Å²) in [6, 6.07) is 0. The van der Waals surface area contributed by atoms with Crippen LogP contribution in [0.1, 0.15) is 6.92 Å². The van der Waals surface area contributed by atoms with E-state index < -0.39 is 5.97 Å². The van der Waals surface area contributed by atoms with E-state index in [2.05, 4.69) is 20.4 Å². The number of anilines is 1. The second-order valence-corrected chi connectivity index (χ2v) is 1.49. The summed E-state index contributed by atoms with van der Waals surface area (Å²) in [5.41, 5.74) is 5.14. The van der Waals surface area contributed by atoms with E-state index in [9.17, 15) is 4.79 Å². The maximum atomic E-state index is 10.3. The fourth-order valence-corrected chi connectivity index (χ4v) is 0.373. The van der Waals surface area contributed by atoms with Crippen LogP contribution in [0.3, 0.4) is 0 Å². The number of nitrogen functional groups attached to an aromatic ring is 1. The molecule has 0 amide bonds. The van der Waals surface area contributed by atoms with Crippen LogP contribution >= 0.6 is 0 Å². The number of rotatable bonds is 1. The molecule has 1 rings (SSSR count). The standard InChI is InChI=1S/C3H5N5O2/c1-2(9)10-8-3(4)5-6-7-8/h1H3,(H2,4,5,7). The van der Waals surface area contributed by atoms with Gasteiger partial charge in [-0.1, -0.05) is 5.10 Å². The second kappa shape index (κ2) is 2.29. The van der Waals surface area contributed by atoms with Crippen molar-refractivity contribution >= 4 is 11.9 Å². The predicted molar refractivity (Wildman–Crippen MR) is 29.5 cm³/mol. The molecule has 54 valence electrons. The van der Waals surface area contributed by atoms with E-state index in [0.29, 0.717) is 0 Å². The van der Waals surface area contributed by atoms with Crippen molar-refractivity contribution in [1.82, 2.24) is 20.4 Å². The lowest BCUT2D eigenvalue weighted by Gasteiger charge is -1.95. The van der Waals surface area contributed by atoms with Crippen LogP contribution in [-0.4, -0.2) is 26.3 Å². The maximum absolute atomic E-state index is 10.3. The number of hydrogen-bond acceptors (Lipinski definition) is 6. The Kier molecular flexibility index (Phi) is 1.48. The van der Waals surface area contributed by atoms with Crippen molar-refractivity contribution in [1.29, 1.82) is 0 Å². The van der Waals surface area contributed by atoms with Gasteiger partial charge >= 0.3 is 5.97 Å². The van der Waals surface area contributed by atoms with Crippen LogP contribution in [0.4, 0.5) is 5.95 Å². The molecule has 10 heavy (non-hydrogen) atoms. The number of aromatic nitrogens is 4. The third-order valence-electron chi connectivity index (χ3n) is 0.679. The van der Waals surface area contributed by atoms with Gasteiger partial charge in [-0.15, -0.1) is 0 Å². The number of nitrogens with two attached hydrogens (primary N) is 1. The Labute approximate surface area is 55.7 Å². The van der Waals surface area contributed by atoms with E-state index in [1.807, 2.05) is 0 Å². The first kappa shape index (κ1) is 6.46. The van der Waals surface area contributed by atoms with Gasteiger partial charge in [0.25, 0.3) is 5.95 Å². The molecule has 1 aromatic rings. The van der Waals surface area contributed by atoms with Crippen LogP contribution < -0.4 is 10.6 Å². The quantitative estimate of drug-likeness (QED) is 0.467. The molecule has 0 atom stereocenters. The smallest absolute Gasteiger partial charge is 0.332 e. The molecule has 0 spiro atoms. The molecule has 0 aliphatic carbocycles. The topological polar surface area (TPSA) is 95.9 Å². The Balaban J connectivity index is 2.74. The van der Waals surface area contributed by atoms with Crippen molar-refractivity contribution in [2.75, 3.05) is 5.73 Å². The highest BCUT2D eigenvalue weighted by molar-refractivity contribution is 5.66. The zero-order valence-corrected chi connectivity index (χ0v) is 5.18. The Morgan fingerprint density at radius 2 is 2.50 bits per heavy atom. The Morgan fingerprint density at radius 1 is 1.80 bits per heavy atom. The van der Waals surface area contributed by atoms with E-state index in [1.54, 1.807) is 0 Å². The summed E-state index contributed by atoms with van der Waals surface area (Å²) in [5.74, 6) is -0.589. The summed E-state index contributed by atoms with van der Waals surface area (Å²) >= 11 is 0. The van der Waals surface area contributed by atoms with Crippen molar-refractivity contribution < 1.29 is 9.63 Å². The molecule has 0 aromatic carbocycles. The first-order valence-corrected chi connectivity index (χ1v) is 2.43. The average molecular weight is 143 g/mol. The van der Waals surface area contributed by atoms with Crippen molar-refractivity contribution in [2.24, 2.45) is 0 Å². The van der Waals surface area contributed by atoms with Crippen LogP contribution in [-0.2, 0) is 4.79 Å². The molecule has 0 saturated carbocycles. The number of tetrazole rings is 1. The fraction of sp³-hybridized carbons (Fsp3) is 0.333. The highest BCUT2D eigenvalue weighted by Gasteiger charge is 2.02. The Morgan fingerprint density at radius 3 is 2.90 bits per heavy atom. The Bertz CT molecular complexity index is 243. The lowest BCUT2D eigenvalue weighted by Crippen LogP contribution is -2.19. The van der Waals surface area contributed by atoms with Gasteiger partial charge in [0.2, 0.25) is 0 Å². The summed E-state index contributed by atoms with van der Waals surface area (Å²) in [6.07, 6.45) is 0. The molecule has 7 heteroatoms. The van der Waals surface area contributed by atoms with E-state index in [-0.39, 0.29) is 5.95 Å². The molecule has 0 radical (unpaired) electrons. The molecule has 0 fully saturated rings. The monoisotopic (exact) mass is 143 g/mol. The minimum absolute atomic E-state index is 0.0600. The number of carbonyl (C=O) groups is 1. The summed E-state index contributed by atoms with van der Waals surface area (Å²) in [7, 11) is 0. The fourth-order valence-electron chi connectivity index (χ4n) is 0.373. The van der Waals surface area contributed by atoms with Gasteiger partial charge in [0.1, 0.15) is 0 Å². The molecule has 0 bridgehead atoms. The summed E-state index contributed by atoms with van der Waals surface area (Å²) < 4.78 is 0. The van der Waals surface area contributed by atoms with Gasteiger partial charge < -0.3 is 10.6 Å². The van der Waals surface area contributed by atoms with E-state index in [1.165, 1.54) is 6.92 Å². The second-order valence-electron chi connectivity index (χ2n) is 1.49. The van der Waals surface area contributed by atoms with Gasteiger partial charge in [0.05, 0.1) is 0 Å². The van der Waals surface area contributed by atoms with Crippen LogP contribution in [0.25, 0.3) is 0 Å². The van der Waals surface area contributed by atoms with E-state index >= 15 is 0 Å². The lowest BCUT2D eigenvalue weighted by atomic mass is 10.8. The molecule has 0 saturated heterocycles. The van der Waals surface area contributed by atoms with E-state index in [0.717, 1.165) is 4.85 Å². The summed E-state index contributed by atoms with van der Waals surface area (Å²) in [4.78, 5) is 15.4. The van der Waals surface area contributed by atoms with Gasteiger partial charge in [-0.2, -0.15) is 0 Å². The minimum atomic E-state index is -0.529. The van der Waals surface area contributed by atoms with Crippen molar-refractivity contribution in [2.45, 2.75) is 6.92 Å². The van der Waals surface area contributed by atoms with Crippen molar-refractivity contribution in [3.05, 3.63) is 0 Å². The number of nitrogens with zero attached hydrogens (tertiary/aromatic N) is 4. The highest BCUT2D eigenvalue weighted by Crippen LogP contribution is 1.86. The minimum Gasteiger partial charge on any atom is -0.364 e. The molecule has 0 aliphatic heterocycles. The number of hydrogen-bond donors (Lipinski definition) is 1. The van der Waals surface area contributed by atoms with Gasteiger partial charge in [0.15, 0.2) is 0 Å². The van der Waals surface area contributed by atoms with Crippen LogP contribution in [0.2, 0.25) is 0 Å². The molecule has 2 N–H and O–H groups in total. The third-order valence-corrected chi connectivity index (χ3v) is 0.679. The largest absolute Gasteiger partial charge is 0.364 e. The molecule has 0 unspecified atom stereocenters. The first-order chi connectivity index (χ1) is 4.70. The molecule has 1 heterocycles. The zero-order chi connectivity index (χ0) is 7.56. The molecule has 0 aliphatic rings. The van der Waals surface area contributed by atoms with E-state index in [4.69, 9.17) is 5.73 Å². The van der Waals surface area contributed by atoms with Crippen molar-refractivity contribution in [3.8, 4) is 0 Å². The van der Waals surface area contributed by atoms with Crippen LogP contribution in [0.15, 0.2) is 0 Å². The average Bonchev–Trinajstić information content (AvgIpc) is 2.15. The van der Waals surface area contributed by atoms with Gasteiger partial charge in [0, 0.05) is 6.92 Å². The summed E-state index contributed by atoms with van der Waals surface area (Å²) in [5, 5.41) is 9.65. The molecule has 1 aromatic heterocycles. The van der Waals surface area contributed by atoms with Crippen LogP contribution in [0.5, 0.6) is 0 Å². The number of carbonyl (C=O) groups excluding carboxylic acids is 1. The molecule has 7 nitrogen and oxygen atoms in total. The lowest BCUT2D eigenvalue weighted by molar-refractivity contribution is -0.142. The van der Waals surface area contributed by atoms with Gasteiger partial charge in [-0.3, -0.25) is 0 Å². The Hall–Kier alpha value is -1.66. The third kappa shape index (κ3) is 1.19. The summed E-state index contributed by atoms with van der Waals surface area (Å²) in [6.45, 7) is 1.22. The van der Waals surface area contributed by atoms with Crippen LogP contribution in [0, 0.1) is 0 Å². The normalized spacial score (nSPS) is 9.30. The molecular weight excluding hydrogens is 138 g/mol. The first-order valence-electron chi connectivity index (χ1n) is 2.43. The zero-order valence-electron chi connectivity index (χ0n) is 5.18. The SMILES string of the molecule is CC(=O)On1nnnc1N. The van der Waals surface area contributed by atoms with Gasteiger partial charge in [-0.25, -0.2) is 4.79 Å².